The van der Waals surface area contributed by atoms with Crippen molar-refractivity contribution in [2.45, 2.75) is 39.9 Å². The standard InChI is InChI=1S/C12H20OSi/c1-10-6-8-13-12(10)11(2)7-9-14(3,4)5/h11H,6,8H2,1-5H3/t11-/m0/s1. The van der Waals surface area contributed by atoms with Gasteiger partial charge in [-0.25, -0.2) is 0 Å². The van der Waals surface area contributed by atoms with Crippen LogP contribution in [0.4, 0.5) is 0 Å². The maximum absolute atomic E-state index is 5.58. The highest BCUT2D eigenvalue weighted by Gasteiger charge is 2.17. The molecule has 78 valence electrons. The summed E-state index contributed by atoms with van der Waals surface area (Å²) in [5.41, 5.74) is 4.77. The second-order valence-corrected chi connectivity index (χ2v) is 9.73. The summed E-state index contributed by atoms with van der Waals surface area (Å²) >= 11 is 0. The lowest BCUT2D eigenvalue weighted by atomic mass is 10.1. The largest absolute Gasteiger partial charge is 0.496 e. The minimum atomic E-state index is -1.23. The average Bonchev–Trinajstić information content (AvgIpc) is 2.46. The molecule has 0 saturated carbocycles. The van der Waals surface area contributed by atoms with Crippen LogP contribution in [0.25, 0.3) is 0 Å². The first kappa shape index (κ1) is 11.4. The van der Waals surface area contributed by atoms with E-state index in [1.54, 1.807) is 0 Å². The van der Waals surface area contributed by atoms with Crippen LogP contribution in [0.1, 0.15) is 20.3 Å². The van der Waals surface area contributed by atoms with E-state index in [4.69, 9.17) is 4.74 Å². The molecule has 1 heterocycles. The molecule has 0 bridgehead atoms. The molecule has 0 radical (unpaired) electrons. The van der Waals surface area contributed by atoms with E-state index in [1.165, 1.54) is 5.57 Å². The van der Waals surface area contributed by atoms with Crippen molar-refractivity contribution >= 4 is 8.07 Å². The predicted molar refractivity (Wildman–Crippen MR) is 63.6 cm³/mol. The first-order valence-electron chi connectivity index (χ1n) is 5.25. The van der Waals surface area contributed by atoms with Gasteiger partial charge < -0.3 is 4.74 Å². The number of ether oxygens (including phenoxy) is 1. The van der Waals surface area contributed by atoms with Crippen LogP contribution >= 0.6 is 0 Å². The van der Waals surface area contributed by atoms with E-state index in [1.807, 2.05) is 0 Å². The van der Waals surface area contributed by atoms with Crippen molar-refractivity contribution < 1.29 is 4.74 Å². The molecule has 1 aliphatic heterocycles. The fraction of sp³-hybridized carbons (Fsp3) is 0.667. The van der Waals surface area contributed by atoms with Crippen molar-refractivity contribution in [3.63, 3.8) is 0 Å². The van der Waals surface area contributed by atoms with Crippen molar-refractivity contribution in [1.29, 1.82) is 0 Å². The Balaban J connectivity index is 2.70. The molecule has 0 saturated heterocycles. The molecule has 0 aromatic heterocycles. The molecule has 0 aromatic rings. The molecular weight excluding hydrogens is 188 g/mol. The summed E-state index contributed by atoms with van der Waals surface area (Å²) in [4.78, 5) is 0. The highest BCUT2D eigenvalue weighted by molar-refractivity contribution is 6.83. The molecule has 0 aliphatic carbocycles. The zero-order chi connectivity index (χ0) is 10.8. The highest BCUT2D eigenvalue weighted by atomic mass is 28.3. The van der Waals surface area contributed by atoms with E-state index >= 15 is 0 Å². The Bertz CT molecular complexity index is 299. The first-order valence-corrected chi connectivity index (χ1v) is 8.75. The predicted octanol–water partition coefficient (Wildman–Crippen LogP) is 3.20. The van der Waals surface area contributed by atoms with Gasteiger partial charge >= 0.3 is 0 Å². The van der Waals surface area contributed by atoms with Gasteiger partial charge in [0.1, 0.15) is 13.8 Å². The van der Waals surface area contributed by atoms with Crippen LogP contribution in [0.3, 0.4) is 0 Å². The molecule has 1 atom stereocenters. The Labute approximate surface area is 88.6 Å². The zero-order valence-electron chi connectivity index (χ0n) is 9.90. The fourth-order valence-electron chi connectivity index (χ4n) is 1.45. The molecule has 0 fully saturated rings. The Hall–Kier alpha value is -0.683. The zero-order valence-corrected chi connectivity index (χ0v) is 10.9. The van der Waals surface area contributed by atoms with E-state index < -0.39 is 8.07 Å². The van der Waals surface area contributed by atoms with Crippen LogP contribution in [-0.2, 0) is 4.74 Å². The van der Waals surface area contributed by atoms with E-state index in [0.29, 0.717) is 0 Å². The average molecular weight is 208 g/mol. The van der Waals surface area contributed by atoms with Gasteiger partial charge in [0.15, 0.2) is 0 Å². The Kier molecular flexibility index (Phi) is 3.44. The molecule has 14 heavy (non-hydrogen) atoms. The van der Waals surface area contributed by atoms with Crippen molar-refractivity contribution in [2.24, 2.45) is 5.92 Å². The van der Waals surface area contributed by atoms with Crippen molar-refractivity contribution in [3.05, 3.63) is 11.3 Å². The van der Waals surface area contributed by atoms with E-state index in [0.717, 1.165) is 18.8 Å². The lowest BCUT2D eigenvalue weighted by molar-refractivity contribution is 0.224. The van der Waals surface area contributed by atoms with Crippen molar-refractivity contribution in [1.82, 2.24) is 0 Å². The van der Waals surface area contributed by atoms with Crippen LogP contribution in [0.2, 0.25) is 19.6 Å². The Morgan fingerprint density at radius 3 is 2.43 bits per heavy atom. The van der Waals surface area contributed by atoms with Crippen LogP contribution < -0.4 is 0 Å². The lowest BCUT2D eigenvalue weighted by Gasteiger charge is -2.09. The monoisotopic (exact) mass is 208 g/mol. The van der Waals surface area contributed by atoms with Gasteiger partial charge in [-0.3, -0.25) is 0 Å². The maximum atomic E-state index is 5.58. The van der Waals surface area contributed by atoms with Gasteiger partial charge in [-0.05, 0) is 19.4 Å². The smallest absolute Gasteiger partial charge is 0.129 e. The van der Waals surface area contributed by atoms with Crippen LogP contribution in [-0.4, -0.2) is 14.7 Å². The Morgan fingerprint density at radius 2 is 2.00 bits per heavy atom. The van der Waals surface area contributed by atoms with Gasteiger partial charge in [0.25, 0.3) is 0 Å². The third-order valence-corrected chi connectivity index (χ3v) is 3.11. The lowest BCUT2D eigenvalue weighted by Crippen LogP contribution is -2.17. The van der Waals surface area contributed by atoms with Gasteiger partial charge in [-0.15, -0.1) is 5.54 Å². The number of allylic oxidation sites excluding steroid dienone is 1. The summed E-state index contributed by atoms with van der Waals surface area (Å²) in [6.07, 6.45) is 1.08. The molecule has 0 amide bonds. The second-order valence-electron chi connectivity index (χ2n) is 4.98. The van der Waals surface area contributed by atoms with Crippen LogP contribution in [0.5, 0.6) is 0 Å². The molecule has 1 rings (SSSR count). The maximum Gasteiger partial charge on any atom is 0.129 e. The van der Waals surface area contributed by atoms with Crippen LogP contribution in [0.15, 0.2) is 11.3 Å². The summed E-state index contributed by atoms with van der Waals surface area (Å²) in [7, 11) is -1.23. The molecule has 0 aromatic carbocycles. The van der Waals surface area contributed by atoms with Gasteiger partial charge in [-0.1, -0.05) is 25.6 Å². The van der Waals surface area contributed by atoms with Gasteiger partial charge in [0, 0.05) is 6.42 Å². The van der Waals surface area contributed by atoms with E-state index in [9.17, 15) is 0 Å². The molecule has 0 unspecified atom stereocenters. The summed E-state index contributed by atoms with van der Waals surface area (Å²) < 4.78 is 5.58. The summed E-state index contributed by atoms with van der Waals surface area (Å²) in [6, 6.07) is 0. The van der Waals surface area contributed by atoms with Crippen LogP contribution in [0, 0.1) is 17.4 Å². The SMILES string of the molecule is CC1=C([C@@H](C)C#C[Si](C)(C)C)OCC1. The van der Waals surface area contributed by atoms with Gasteiger partial charge in [0.2, 0.25) is 0 Å². The normalized spacial score (nSPS) is 18.6. The summed E-state index contributed by atoms with van der Waals surface area (Å²) in [5.74, 6) is 4.73. The third-order valence-electron chi connectivity index (χ3n) is 2.21. The second kappa shape index (κ2) is 4.23. The van der Waals surface area contributed by atoms with Crippen molar-refractivity contribution in [2.75, 3.05) is 6.61 Å². The third kappa shape index (κ3) is 3.23. The molecule has 0 spiro atoms. The van der Waals surface area contributed by atoms with Crippen molar-refractivity contribution in [3.8, 4) is 11.5 Å². The first-order chi connectivity index (χ1) is 6.40. The minimum absolute atomic E-state index is 0.282. The summed E-state index contributed by atoms with van der Waals surface area (Å²) in [6.45, 7) is 11.9. The molecular formula is C12H20OSi. The number of hydrogen-bond acceptors (Lipinski definition) is 1. The highest BCUT2D eigenvalue weighted by Crippen LogP contribution is 2.24. The fourth-order valence-corrected chi connectivity index (χ4v) is 2.09. The molecule has 1 nitrogen and oxygen atoms in total. The summed E-state index contributed by atoms with van der Waals surface area (Å²) in [5, 5.41) is 0. The van der Waals surface area contributed by atoms with Gasteiger partial charge in [0.05, 0.1) is 12.5 Å². The number of hydrogen-bond donors (Lipinski definition) is 0. The Morgan fingerprint density at radius 1 is 1.36 bits per heavy atom. The number of rotatable bonds is 1. The van der Waals surface area contributed by atoms with E-state index in [-0.39, 0.29) is 5.92 Å². The minimum Gasteiger partial charge on any atom is -0.496 e. The van der Waals surface area contributed by atoms with Gasteiger partial charge in [-0.2, -0.15) is 0 Å². The molecule has 1 aliphatic rings. The quantitative estimate of drug-likeness (QED) is 0.475. The molecule has 0 N–H and O–H groups in total. The topological polar surface area (TPSA) is 9.23 Å². The molecule has 2 heteroatoms. The van der Waals surface area contributed by atoms with E-state index in [2.05, 4.69) is 45.0 Å².